The third-order valence-electron chi connectivity index (χ3n) is 3.89. The molecule has 1 saturated heterocycles. The van der Waals surface area contributed by atoms with Crippen LogP contribution in [0.4, 0.5) is 4.39 Å². The second kappa shape index (κ2) is 5.05. The minimum Gasteiger partial charge on any atom is -0.493 e. The van der Waals surface area contributed by atoms with E-state index < -0.39 is 0 Å². The lowest BCUT2D eigenvalue weighted by Crippen LogP contribution is -2.53. The van der Waals surface area contributed by atoms with Crippen LogP contribution in [0.1, 0.15) is 31.9 Å². The van der Waals surface area contributed by atoms with E-state index in [9.17, 15) is 9.18 Å². The normalized spacial score (nSPS) is 25.8. The van der Waals surface area contributed by atoms with Crippen molar-refractivity contribution in [1.29, 1.82) is 0 Å². The lowest BCUT2D eigenvalue weighted by molar-refractivity contribution is -0.161. The molecular formula is C15H18FNO3. The molecule has 2 aliphatic rings. The summed E-state index contributed by atoms with van der Waals surface area (Å²) in [6.45, 7) is 4.51. The number of ether oxygens (including phenoxy) is 2. The molecule has 0 unspecified atom stereocenters. The highest BCUT2D eigenvalue weighted by Gasteiger charge is 2.41. The van der Waals surface area contributed by atoms with Crippen LogP contribution >= 0.6 is 0 Å². The monoisotopic (exact) mass is 279 g/mol. The lowest BCUT2D eigenvalue weighted by Gasteiger charge is -2.42. The van der Waals surface area contributed by atoms with Crippen LogP contribution in [0.25, 0.3) is 0 Å². The number of rotatable bonds is 1. The van der Waals surface area contributed by atoms with Gasteiger partial charge in [-0.15, -0.1) is 0 Å². The van der Waals surface area contributed by atoms with Crippen molar-refractivity contribution < 1.29 is 18.7 Å². The van der Waals surface area contributed by atoms with Crippen LogP contribution in [0.3, 0.4) is 0 Å². The van der Waals surface area contributed by atoms with Crippen LogP contribution in [-0.2, 0) is 9.53 Å². The van der Waals surface area contributed by atoms with E-state index in [0.29, 0.717) is 24.3 Å². The SMILES string of the molecule is CC(C)N1C(=O)CO[C@H]2c3cc(F)ccc3OCC[C@@H]21. The van der Waals surface area contributed by atoms with Crippen molar-refractivity contribution in [2.24, 2.45) is 0 Å². The summed E-state index contributed by atoms with van der Waals surface area (Å²) in [5, 5.41) is 0. The van der Waals surface area contributed by atoms with Gasteiger partial charge in [-0.3, -0.25) is 4.79 Å². The topological polar surface area (TPSA) is 38.8 Å². The maximum Gasteiger partial charge on any atom is 0.249 e. The Balaban J connectivity index is 2.02. The van der Waals surface area contributed by atoms with Crippen LogP contribution in [-0.4, -0.2) is 36.1 Å². The zero-order chi connectivity index (χ0) is 14.3. The van der Waals surface area contributed by atoms with E-state index in [0.717, 1.165) is 0 Å². The van der Waals surface area contributed by atoms with Crippen molar-refractivity contribution in [3.05, 3.63) is 29.6 Å². The van der Waals surface area contributed by atoms with E-state index in [1.165, 1.54) is 12.1 Å². The van der Waals surface area contributed by atoms with Crippen LogP contribution in [0.2, 0.25) is 0 Å². The van der Waals surface area contributed by atoms with Gasteiger partial charge in [0.15, 0.2) is 0 Å². The van der Waals surface area contributed by atoms with Gasteiger partial charge in [-0.1, -0.05) is 0 Å². The maximum absolute atomic E-state index is 13.5. The molecule has 1 amide bonds. The molecule has 0 saturated carbocycles. The molecule has 1 aromatic rings. The van der Waals surface area contributed by atoms with Crippen LogP contribution < -0.4 is 4.74 Å². The molecule has 0 spiro atoms. The number of fused-ring (bicyclic) bond motifs is 3. The first kappa shape index (κ1) is 13.4. The smallest absolute Gasteiger partial charge is 0.249 e. The fourth-order valence-corrected chi connectivity index (χ4v) is 3.10. The molecule has 1 fully saturated rings. The number of carbonyl (C=O) groups excluding carboxylic acids is 1. The first-order valence-corrected chi connectivity index (χ1v) is 6.93. The highest BCUT2D eigenvalue weighted by Crippen LogP contribution is 2.39. The molecule has 2 atom stereocenters. The number of halogens is 1. The van der Waals surface area contributed by atoms with Crippen molar-refractivity contribution in [3.8, 4) is 5.75 Å². The summed E-state index contributed by atoms with van der Waals surface area (Å²) in [7, 11) is 0. The quantitative estimate of drug-likeness (QED) is 0.791. The standard InChI is InChI=1S/C15H18FNO3/c1-9(2)17-12-5-6-19-13-4-3-10(16)7-11(13)15(12)20-8-14(17)18/h3-4,7,9,12,15H,5-6,8H2,1-2H3/t12-,15-/m0/s1. The molecule has 0 radical (unpaired) electrons. The second-order valence-corrected chi connectivity index (χ2v) is 5.51. The van der Waals surface area contributed by atoms with E-state index in [1.807, 2.05) is 18.7 Å². The number of carbonyl (C=O) groups is 1. The first-order chi connectivity index (χ1) is 9.58. The van der Waals surface area contributed by atoms with Crippen molar-refractivity contribution in [1.82, 2.24) is 4.90 Å². The molecule has 0 aliphatic carbocycles. The molecule has 5 heteroatoms. The minimum absolute atomic E-state index is 0.0129. The van der Waals surface area contributed by atoms with Gasteiger partial charge in [-0.05, 0) is 32.0 Å². The zero-order valence-electron chi connectivity index (χ0n) is 11.6. The fourth-order valence-electron chi connectivity index (χ4n) is 3.10. The molecule has 0 aromatic heterocycles. The summed E-state index contributed by atoms with van der Waals surface area (Å²) in [4.78, 5) is 13.9. The van der Waals surface area contributed by atoms with E-state index in [4.69, 9.17) is 9.47 Å². The zero-order valence-corrected chi connectivity index (χ0v) is 11.6. The third kappa shape index (κ3) is 2.16. The largest absolute Gasteiger partial charge is 0.493 e. The van der Waals surface area contributed by atoms with E-state index in [1.54, 1.807) is 6.07 Å². The summed E-state index contributed by atoms with van der Waals surface area (Å²) in [5.41, 5.74) is 0.700. The van der Waals surface area contributed by atoms with E-state index in [-0.39, 0.29) is 36.5 Å². The molecule has 2 heterocycles. The highest BCUT2D eigenvalue weighted by molar-refractivity contribution is 5.79. The van der Waals surface area contributed by atoms with E-state index in [2.05, 4.69) is 0 Å². The minimum atomic E-state index is -0.316. The van der Waals surface area contributed by atoms with Gasteiger partial charge in [0.25, 0.3) is 0 Å². The first-order valence-electron chi connectivity index (χ1n) is 6.93. The average molecular weight is 279 g/mol. The Kier molecular flexibility index (Phi) is 3.38. The number of nitrogens with zero attached hydrogens (tertiary/aromatic N) is 1. The maximum atomic E-state index is 13.5. The van der Waals surface area contributed by atoms with Gasteiger partial charge in [0.2, 0.25) is 5.91 Å². The Labute approximate surface area is 117 Å². The van der Waals surface area contributed by atoms with Crippen LogP contribution in [0.15, 0.2) is 18.2 Å². The Hall–Kier alpha value is -1.62. The third-order valence-corrected chi connectivity index (χ3v) is 3.89. The van der Waals surface area contributed by atoms with Crippen molar-refractivity contribution in [3.63, 3.8) is 0 Å². The molecular weight excluding hydrogens is 261 g/mol. The summed E-state index contributed by atoms with van der Waals surface area (Å²) in [6.07, 6.45) is 0.369. The summed E-state index contributed by atoms with van der Waals surface area (Å²) >= 11 is 0. The molecule has 20 heavy (non-hydrogen) atoms. The number of hydrogen-bond donors (Lipinski definition) is 0. The molecule has 3 rings (SSSR count). The van der Waals surface area contributed by atoms with Crippen molar-refractivity contribution in [2.75, 3.05) is 13.2 Å². The second-order valence-electron chi connectivity index (χ2n) is 5.51. The predicted molar refractivity (Wildman–Crippen MR) is 71.0 cm³/mol. The fraction of sp³-hybridized carbons (Fsp3) is 0.533. The van der Waals surface area contributed by atoms with Crippen molar-refractivity contribution >= 4 is 5.91 Å². The molecule has 108 valence electrons. The number of amides is 1. The van der Waals surface area contributed by atoms with Crippen LogP contribution in [0, 0.1) is 5.82 Å². The Morgan fingerprint density at radius 1 is 1.40 bits per heavy atom. The van der Waals surface area contributed by atoms with E-state index >= 15 is 0 Å². The highest BCUT2D eigenvalue weighted by atomic mass is 19.1. The van der Waals surface area contributed by atoms with Gasteiger partial charge < -0.3 is 14.4 Å². The van der Waals surface area contributed by atoms with Crippen molar-refractivity contribution in [2.45, 2.75) is 38.5 Å². The molecule has 0 N–H and O–H groups in total. The van der Waals surface area contributed by atoms with Gasteiger partial charge in [0.1, 0.15) is 24.3 Å². The average Bonchev–Trinajstić information content (AvgIpc) is 2.57. The summed E-state index contributed by atoms with van der Waals surface area (Å²) in [6, 6.07) is 4.46. The Bertz CT molecular complexity index is 532. The van der Waals surface area contributed by atoms with Gasteiger partial charge in [-0.2, -0.15) is 0 Å². The number of benzene rings is 1. The Morgan fingerprint density at radius 2 is 2.20 bits per heavy atom. The number of morpholine rings is 1. The van der Waals surface area contributed by atoms with Gasteiger partial charge in [0, 0.05) is 18.0 Å². The van der Waals surface area contributed by atoms with Gasteiger partial charge >= 0.3 is 0 Å². The molecule has 1 aromatic carbocycles. The summed E-state index contributed by atoms with van der Waals surface area (Å²) < 4.78 is 24.9. The Morgan fingerprint density at radius 3 is 2.95 bits per heavy atom. The van der Waals surface area contributed by atoms with Gasteiger partial charge in [0.05, 0.1) is 12.6 Å². The lowest BCUT2D eigenvalue weighted by atomic mass is 9.95. The summed E-state index contributed by atoms with van der Waals surface area (Å²) in [5.74, 6) is 0.322. The molecule has 2 aliphatic heterocycles. The predicted octanol–water partition coefficient (Wildman–Crippen LogP) is 2.29. The van der Waals surface area contributed by atoms with Crippen LogP contribution in [0.5, 0.6) is 5.75 Å². The molecule has 0 bridgehead atoms. The molecule has 4 nitrogen and oxygen atoms in total. The number of hydrogen-bond acceptors (Lipinski definition) is 3. The van der Waals surface area contributed by atoms with Gasteiger partial charge in [-0.25, -0.2) is 4.39 Å².